The van der Waals surface area contributed by atoms with E-state index in [1.54, 1.807) is 13.8 Å². The van der Waals surface area contributed by atoms with Crippen molar-refractivity contribution in [1.29, 1.82) is 0 Å². The summed E-state index contributed by atoms with van der Waals surface area (Å²) in [5.74, 6) is -1.60. The maximum atomic E-state index is 11.1. The lowest BCUT2D eigenvalue weighted by Gasteiger charge is -2.24. The molecule has 1 aliphatic heterocycles. The van der Waals surface area contributed by atoms with Crippen LogP contribution in [0.2, 0.25) is 0 Å². The van der Waals surface area contributed by atoms with Gasteiger partial charge in [-0.3, -0.25) is 0 Å². The topological polar surface area (TPSA) is 88.3 Å². The Bertz CT molecular complexity index is 421. The van der Waals surface area contributed by atoms with Crippen molar-refractivity contribution >= 4 is 23.4 Å². The van der Waals surface area contributed by atoms with Gasteiger partial charge in [0, 0.05) is 18.9 Å². The molecule has 0 aromatic carbocycles. The predicted octanol–water partition coefficient (Wildman–Crippen LogP) is 1.17. The number of hydrogen-bond donors (Lipinski definition) is 1. The lowest BCUT2D eigenvalue weighted by Crippen LogP contribution is -2.30. The number of carbonyl (C=O) groups is 2. The van der Waals surface area contributed by atoms with Crippen LogP contribution in [-0.4, -0.2) is 34.1 Å². The third-order valence-electron chi connectivity index (χ3n) is 2.10. The highest BCUT2D eigenvalue weighted by atomic mass is 16.6. The van der Waals surface area contributed by atoms with Crippen molar-refractivity contribution in [3.8, 4) is 0 Å². The second-order valence-electron chi connectivity index (χ2n) is 4.26. The second kappa shape index (κ2) is 4.90. The summed E-state index contributed by atoms with van der Waals surface area (Å²) in [5.41, 5.74) is -0.164. The molecule has 0 aromatic rings. The quantitative estimate of drug-likeness (QED) is 0.575. The molecule has 1 rings (SSSR count). The van der Waals surface area contributed by atoms with Crippen LogP contribution >= 0.6 is 0 Å². The van der Waals surface area contributed by atoms with E-state index in [0.29, 0.717) is 12.1 Å². The van der Waals surface area contributed by atoms with Crippen LogP contribution in [0.25, 0.3) is 0 Å². The number of esters is 1. The van der Waals surface area contributed by atoms with Gasteiger partial charge in [0.1, 0.15) is 5.60 Å². The number of hydrogen-bond acceptors (Lipinski definition) is 5. The van der Waals surface area contributed by atoms with Gasteiger partial charge in [0.15, 0.2) is 5.71 Å². The van der Waals surface area contributed by atoms with Crippen LogP contribution in [0.1, 0.15) is 26.7 Å². The summed E-state index contributed by atoms with van der Waals surface area (Å²) >= 11 is 0. The largest absolute Gasteiger partial charge is 0.477 e. The van der Waals surface area contributed by atoms with Gasteiger partial charge in [0.2, 0.25) is 0 Å². The molecule has 92 valence electrons. The molecule has 6 heteroatoms. The zero-order valence-electron chi connectivity index (χ0n) is 9.77. The van der Waals surface area contributed by atoms with Crippen molar-refractivity contribution < 1.29 is 19.4 Å². The molecule has 0 radical (unpaired) electrons. The molecular weight excluding hydrogens is 224 g/mol. The Balaban J connectivity index is 2.54. The summed E-state index contributed by atoms with van der Waals surface area (Å²) < 4.78 is 5.11. The van der Waals surface area contributed by atoms with Crippen LogP contribution in [0.15, 0.2) is 22.9 Å². The highest BCUT2D eigenvalue weighted by Crippen LogP contribution is 2.19. The van der Waals surface area contributed by atoms with Gasteiger partial charge >= 0.3 is 11.9 Å². The number of carbonyl (C=O) groups excluding carboxylic acids is 1. The minimum atomic E-state index is -1.08. The molecule has 0 bridgehead atoms. The summed E-state index contributed by atoms with van der Waals surface area (Å²) in [4.78, 5) is 21.7. The average molecular weight is 238 g/mol. The Kier molecular flexibility index (Phi) is 3.77. The van der Waals surface area contributed by atoms with E-state index in [-0.39, 0.29) is 12.1 Å². The number of nitrogens with zero attached hydrogens (tertiary/aromatic N) is 2. The van der Waals surface area contributed by atoms with Gasteiger partial charge < -0.3 is 9.84 Å². The fourth-order valence-electron chi connectivity index (χ4n) is 1.45. The van der Waals surface area contributed by atoms with Gasteiger partial charge in [-0.05, 0) is 13.8 Å². The summed E-state index contributed by atoms with van der Waals surface area (Å²) in [6.07, 6.45) is 1.61. The predicted molar refractivity (Wildman–Crippen MR) is 62.1 cm³/mol. The summed E-state index contributed by atoms with van der Waals surface area (Å²) in [5, 5.41) is 16.0. The summed E-state index contributed by atoms with van der Waals surface area (Å²) in [6.45, 7) is 6.74. The molecule has 0 aliphatic carbocycles. The van der Waals surface area contributed by atoms with Crippen molar-refractivity contribution in [2.75, 3.05) is 0 Å². The van der Waals surface area contributed by atoms with Crippen molar-refractivity contribution in [3.05, 3.63) is 12.7 Å². The molecule has 17 heavy (non-hydrogen) atoms. The van der Waals surface area contributed by atoms with Crippen LogP contribution in [0.4, 0.5) is 0 Å². The minimum Gasteiger partial charge on any atom is -0.477 e. The number of carboxylic acid groups (broad SMARTS) is 1. The van der Waals surface area contributed by atoms with Gasteiger partial charge in [-0.25, -0.2) is 9.59 Å². The summed E-state index contributed by atoms with van der Waals surface area (Å²) in [6, 6.07) is 0. The van der Waals surface area contributed by atoms with Gasteiger partial charge in [-0.2, -0.15) is 5.10 Å². The third kappa shape index (κ3) is 3.82. The molecule has 0 amide bonds. The van der Waals surface area contributed by atoms with E-state index in [1.165, 1.54) is 0 Å². The second-order valence-corrected chi connectivity index (χ2v) is 4.26. The Morgan fingerprint density at radius 2 is 2.18 bits per heavy atom. The lowest BCUT2D eigenvalue weighted by molar-refractivity contribution is -0.149. The number of rotatable bonds is 5. The van der Waals surface area contributed by atoms with Crippen molar-refractivity contribution in [3.63, 3.8) is 0 Å². The van der Waals surface area contributed by atoms with E-state index < -0.39 is 17.5 Å². The highest BCUT2D eigenvalue weighted by Gasteiger charge is 2.28. The highest BCUT2D eigenvalue weighted by molar-refractivity contribution is 6.40. The first-order valence-electron chi connectivity index (χ1n) is 5.05. The van der Waals surface area contributed by atoms with Gasteiger partial charge in [0.05, 0.1) is 5.71 Å². The van der Waals surface area contributed by atoms with E-state index in [9.17, 15) is 9.59 Å². The van der Waals surface area contributed by atoms with Crippen molar-refractivity contribution in [2.24, 2.45) is 10.2 Å². The van der Waals surface area contributed by atoms with Crippen LogP contribution in [0, 0.1) is 0 Å². The van der Waals surface area contributed by atoms with Gasteiger partial charge in [-0.1, -0.05) is 6.58 Å². The third-order valence-corrected chi connectivity index (χ3v) is 2.10. The van der Waals surface area contributed by atoms with E-state index >= 15 is 0 Å². The molecule has 0 atom stereocenters. The fraction of sp³-hybridized carbons (Fsp3) is 0.455. The summed E-state index contributed by atoms with van der Waals surface area (Å²) in [7, 11) is 0. The number of aliphatic carboxylic acids is 1. The van der Waals surface area contributed by atoms with Gasteiger partial charge in [-0.15, -0.1) is 5.10 Å². The maximum absolute atomic E-state index is 11.1. The van der Waals surface area contributed by atoms with Gasteiger partial charge in [0.25, 0.3) is 0 Å². The number of carboxylic acids is 1. The molecular formula is C11H14N2O4. The Morgan fingerprint density at radius 1 is 1.53 bits per heavy atom. The Hall–Kier alpha value is -1.98. The first kappa shape index (κ1) is 13.1. The molecule has 0 spiro atoms. The molecule has 0 saturated carbocycles. The fourth-order valence-corrected chi connectivity index (χ4v) is 1.45. The standard InChI is InChI=1S/C11H14N2O4/c1-4-9(14)17-11(2,3)6-7-5-8(10(15)16)13-12-7/h4H,1,5-6H2,2-3H3,(H,15,16). The molecule has 1 heterocycles. The van der Waals surface area contributed by atoms with Crippen LogP contribution < -0.4 is 0 Å². The smallest absolute Gasteiger partial charge is 0.352 e. The minimum absolute atomic E-state index is 0.00541. The van der Waals surface area contributed by atoms with E-state index in [2.05, 4.69) is 16.8 Å². The number of ether oxygens (including phenoxy) is 1. The lowest BCUT2D eigenvalue weighted by atomic mass is 9.98. The SMILES string of the molecule is C=CC(=O)OC(C)(C)CC1=NN=C(C(=O)O)C1. The molecule has 0 fully saturated rings. The maximum Gasteiger partial charge on any atom is 0.352 e. The van der Waals surface area contributed by atoms with Crippen LogP contribution in [-0.2, 0) is 14.3 Å². The van der Waals surface area contributed by atoms with Crippen LogP contribution in [0.3, 0.4) is 0 Å². The van der Waals surface area contributed by atoms with E-state index in [0.717, 1.165) is 6.08 Å². The molecule has 1 N–H and O–H groups in total. The zero-order chi connectivity index (χ0) is 13.1. The Morgan fingerprint density at radius 3 is 2.65 bits per heavy atom. The molecule has 0 aromatic heterocycles. The molecule has 0 saturated heterocycles. The average Bonchev–Trinajstić information content (AvgIpc) is 2.64. The normalized spacial score (nSPS) is 14.9. The Labute approximate surface area is 98.7 Å². The van der Waals surface area contributed by atoms with E-state index in [1.807, 2.05) is 0 Å². The zero-order valence-corrected chi connectivity index (χ0v) is 9.77. The van der Waals surface area contributed by atoms with Crippen molar-refractivity contribution in [2.45, 2.75) is 32.3 Å². The van der Waals surface area contributed by atoms with E-state index in [4.69, 9.17) is 9.84 Å². The van der Waals surface area contributed by atoms with Crippen LogP contribution in [0.5, 0.6) is 0 Å². The first-order chi connectivity index (χ1) is 7.84. The van der Waals surface area contributed by atoms with Crippen molar-refractivity contribution in [1.82, 2.24) is 0 Å². The monoisotopic (exact) mass is 238 g/mol. The molecule has 0 unspecified atom stereocenters. The first-order valence-corrected chi connectivity index (χ1v) is 5.05. The molecule has 6 nitrogen and oxygen atoms in total. The molecule has 1 aliphatic rings.